The van der Waals surface area contributed by atoms with Crippen LogP contribution in [0.2, 0.25) is 0 Å². The van der Waals surface area contributed by atoms with E-state index in [9.17, 15) is 29.4 Å². The Bertz CT molecular complexity index is 6840. The Morgan fingerprint density at radius 1 is 0.313 bits per heavy atom. The second kappa shape index (κ2) is 41.6. The number of pyridine rings is 4. The second-order valence-corrected chi connectivity index (χ2v) is 46.2. The van der Waals surface area contributed by atoms with Crippen molar-refractivity contribution in [2.45, 2.75) is 230 Å². The van der Waals surface area contributed by atoms with Gasteiger partial charge in [0, 0.05) is 143 Å². The van der Waals surface area contributed by atoms with Gasteiger partial charge in [-0.05, 0) is 383 Å². The molecule has 0 bridgehead atoms. The van der Waals surface area contributed by atoms with Crippen LogP contribution in [0.25, 0.3) is 0 Å². The predicted molar refractivity (Wildman–Crippen MR) is 559 cm³/mol. The first-order valence-electron chi connectivity index (χ1n) is 52.2. The summed E-state index contributed by atoms with van der Waals surface area (Å²) < 4.78 is 96.3. The standard InChI is InChI=1S/2C33H37FN2O3.2C29H29FN2O3.Li.H2O/c2*1-18-9-7-8-10-21(18)23-15-28(36(5)6)24-14-27(34)20(12-22(23)24)17-38-29-13-19-11-25-30(26(19)16-35-29)31(25)32(37)39-33(2,3)4;2*1-15-6-4-5-7-18(15)20-12-25(32(2)3)21-11-24(30)17(9-19(20)21)14-35-26-10-16-8-22-27(23(16)13-31-26)28(22)29(33)34;;/h2*7-10,12-14,16,23,25,28,30-31H,11,15,17H2,1-6H3;2*4-7,9-11,13,20,22,25,27-28H,8,12,14H2,1-3H3,(H,33,34);;1H2/q;;;;+1;/p-1/t23-,25+,28+,30+,31-;23-,25-,28+,30-,31+;20-,22+,25+,27+,28-;20-,22-,25+,27-,28+;;/m0101../s1. The number of aromatic nitrogens is 4. The molecule has 21 nitrogen and oxygen atoms in total. The average Bonchev–Trinajstić information content (AvgIpc) is 1.52. The molecule has 4 saturated carbocycles. The van der Waals surface area contributed by atoms with Gasteiger partial charge in [-0.25, -0.2) is 37.5 Å². The number of nitrogens with zero attached hydrogens (tertiary/aromatic N) is 8. The SMILES string of the molecule is Cc1ccccc1[C@@H]1C[C@@H](N(C)C)c2cc(F)c(COc3cc4c(cn3)[C@H]3[C@@H](C4)[C@@H]3C(=O)O)cc21.Cc1ccccc1[C@@H]1C[C@@H](N(C)C)c2cc(F)c(COc3cc4c(cn3)[C@H]3[C@@H](C4)[C@@H]3C(=O)OC(C)(C)C)cc21.Cc1ccccc1[C@H]1C[C@H](N(C)C)c2cc(F)c(COc3cc4c(cn3)[C@H]3[C@@H](C4)[C@@H]3C(=O)O)cc21.Cc1ccccc1[C@H]1C[C@H](N(C)C)c2cc(F)c(COc3cc4c(cn3)[C@H]3[C@@H](C4)[C@@H]3C(=O)OC(C)(C)C)cc21.[Li+].[OH-]. The van der Waals surface area contributed by atoms with E-state index in [0.29, 0.717) is 45.8 Å². The third-order valence-corrected chi connectivity index (χ3v) is 33.9. The molecule has 12 aliphatic carbocycles. The van der Waals surface area contributed by atoms with Gasteiger partial charge in [0.05, 0.1) is 23.7 Å². The fourth-order valence-electron chi connectivity index (χ4n) is 26.4. The Kier molecular flexibility index (Phi) is 29.4. The minimum atomic E-state index is -0.724. The number of ether oxygens (including phenoxy) is 6. The van der Waals surface area contributed by atoms with Crippen molar-refractivity contribution in [3.05, 3.63) is 374 Å². The molecule has 0 spiro atoms. The number of fused-ring (bicyclic) bond motifs is 16. The van der Waals surface area contributed by atoms with E-state index in [1.54, 1.807) is 36.7 Å². The van der Waals surface area contributed by atoms with Crippen molar-refractivity contribution in [1.29, 1.82) is 0 Å². The maximum absolute atomic E-state index is 15.3. The van der Waals surface area contributed by atoms with Crippen molar-refractivity contribution >= 4 is 23.9 Å². The zero-order valence-electron chi connectivity index (χ0n) is 89.0. The van der Waals surface area contributed by atoms with Crippen LogP contribution in [0.1, 0.15) is 295 Å². The molecule has 4 heterocycles. The van der Waals surface area contributed by atoms with Crippen LogP contribution in [-0.2, 0) is 80.8 Å². The topological polar surface area (TPSA) is 259 Å². The van der Waals surface area contributed by atoms with Gasteiger partial charge in [-0.15, -0.1) is 0 Å². The molecule has 150 heavy (non-hydrogen) atoms. The first kappa shape index (κ1) is 106. The Morgan fingerprint density at radius 3 is 0.733 bits per heavy atom. The Balaban J connectivity index is 0.000000125. The van der Waals surface area contributed by atoms with E-state index in [1.807, 2.05) is 131 Å². The van der Waals surface area contributed by atoms with Gasteiger partial charge >= 0.3 is 42.7 Å². The summed E-state index contributed by atoms with van der Waals surface area (Å²) in [6, 6.07) is 56.9. The minimum absolute atomic E-state index is 0. The summed E-state index contributed by atoms with van der Waals surface area (Å²) in [5, 5.41) is 18.6. The second-order valence-electron chi connectivity index (χ2n) is 46.2. The molecular formula is C124H133F4LiN8O13. The van der Waals surface area contributed by atoms with Crippen LogP contribution in [0.5, 0.6) is 23.5 Å². The van der Waals surface area contributed by atoms with Gasteiger partial charge in [0.1, 0.15) is 60.9 Å². The quantitative estimate of drug-likeness (QED) is 0.0324. The van der Waals surface area contributed by atoms with Crippen molar-refractivity contribution in [1.82, 2.24) is 39.5 Å². The molecule has 776 valence electrons. The summed E-state index contributed by atoms with van der Waals surface area (Å²) in [5.41, 5.74) is 29.1. The van der Waals surface area contributed by atoms with E-state index in [4.69, 9.17) is 28.4 Å². The van der Waals surface area contributed by atoms with Crippen molar-refractivity contribution < 1.29 is 99.7 Å². The summed E-state index contributed by atoms with van der Waals surface area (Å²) in [6.45, 7) is 20.4. The molecule has 8 aromatic carbocycles. The van der Waals surface area contributed by atoms with Crippen LogP contribution in [0.3, 0.4) is 0 Å². The maximum atomic E-state index is 15.3. The molecule has 4 fully saturated rings. The Hall–Kier alpha value is -12.4. The van der Waals surface area contributed by atoms with Crippen molar-refractivity contribution in [3.8, 4) is 23.5 Å². The monoisotopic (exact) mass is 2030 g/mol. The summed E-state index contributed by atoms with van der Waals surface area (Å²) in [5.74, 6) is 0.857. The molecule has 0 saturated heterocycles. The molecule has 0 aliphatic heterocycles. The van der Waals surface area contributed by atoms with Gasteiger partial charge in [-0.1, -0.05) is 97.1 Å². The Morgan fingerprint density at radius 2 is 0.527 bits per heavy atom. The number of halogens is 4. The number of carbonyl (C=O) groups excluding carboxylic acids is 2. The van der Waals surface area contributed by atoms with Crippen molar-refractivity contribution in [3.63, 3.8) is 0 Å². The number of esters is 2. The number of aryl methyl sites for hydroxylation is 4. The van der Waals surface area contributed by atoms with Gasteiger partial charge in [-0.2, -0.15) is 0 Å². The molecule has 0 unspecified atom stereocenters. The molecule has 12 aromatic rings. The number of carboxylic acid groups (broad SMARTS) is 2. The van der Waals surface area contributed by atoms with Crippen LogP contribution in [-0.4, -0.2) is 147 Å². The molecule has 0 amide bonds. The zero-order chi connectivity index (χ0) is 104. The molecule has 12 aliphatic rings. The molecule has 26 heteroatoms. The number of aliphatic carboxylic acids is 2. The van der Waals surface area contributed by atoms with Gasteiger partial charge in [0.15, 0.2) is 0 Å². The van der Waals surface area contributed by atoms with Crippen molar-refractivity contribution in [2.75, 3.05) is 56.4 Å². The van der Waals surface area contributed by atoms with Crippen LogP contribution < -0.4 is 37.8 Å². The van der Waals surface area contributed by atoms with Gasteiger partial charge in [0.2, 0.25) is 23.5 Å². The predicted octanol–water partition coefficient (Wildman–Crippen LogP) is 20.2. The number of carboxylic acids is 2. The van der Waals surface area contributed by atoms with Crippen LogP contribution >= 0.6 is 0 Å². The van der Waals surface area contributed by atoms with E-state index in [0.717, 1.165) is 118 Å². The molecule has 4 aromatic heterocycles. The van der Waals surface area contributed by atoms with E-state index in [-0.39, 0.29) is 205 Å². The maximum Gasteiger partial charge on any atom is 1.00 e. The number of rotatable bonds is 24. The summed E-state index contributed by atoms with van der Waals surface area (Å²) >= 11 is 0. The molecule has 0 radical (unpaired) electrons. The number of carbonyl (C=O) groups is 4. The van der Waals surface area contributed by atoms with E-state index >= 15 is 17.6 Å². The number of hydrogen-bond donors (Lipinski definition) is 2. The summed E-state index contributed by atoms with van der Waals surface area (Å²) in [7, 11) is 16.4. The van der Waals surface area contributed by atoms with E-state index in [1.165, 1.54) is 66.8 Å². The third-order valence-electron chi connectivity index (χ3n) is 33.9. The fourth-order valence-corrected chi connectivity index (χ4v) is 26.4. The zero-order valence-corrected chi connectivity index (χ0v) is 89.0. The average molecular weight is 2030 g/mol. The molecule has 3 N–H and O–H groups in total. The normalized spacial score (nSPS) is 24.9. The van der Waals surface area contributed by atoms with E-state index in [2.05, 4.69) is 192 Å². The minimum Gasteiger partial charge on any atom is -0.870 e. The smallest absolute Gasteiger partial charge is 0.870 e. The molecule has 24 rings (SSSR count). The summed E-state index contributed by atoms with van der Waals surface area (Å²) in [4.78, 5) is 74.3. The first-order valence-corrected chi connectivity index (χ1v) is 52.2. The van der Waals surface area contributed by atoms with E-state index < -0.39 is 23.1 Å². The van der Waals surface area contributed by atoms with Crippen LogP contribution in [0, 0.1) is 98.3 Å². The molecule has 20 atom stereocenters. The number of hydrogen-bond acceptors (Lipinski definition) is 19. The van der Waals surface area contributed by atoms with Crippen LogP contribution in [0.4, 0.5) is 17.6 Å². The van der Waals surface area contributed by atoms with Crippen molar-refractivity contribution in [2.24, 2.45) is 47.3 Å². The Labute approximate surface area is 888 Å². The van der Waals surface area contributed by atoms with Gasteiger partial charge < -0.3 is 63.7 Å². The number of benzene rings is 8. The summed E-state index contributed by atoms with van der Waals surface area (Å²) in [6.07, 6.45) is 14.0. The van der Waals surface area contributed by atoms with Gasteiger partial charge in [0.25, 0.3) is 0 Å². The third kappa shape index (κ3) is 20.6. The molecular weight excluding hydrogens is 1890 g/mol. The fraction of sp³-hybridized carbons (Fsp3) is 0.419. The van der Waals surface area contributed by atoms with Crippen LogP contribution in [0.15, 0.2) is 195 Å². The largest absolute Gasteiger partial charge is 1.00 e. The van der Waals surface area contributed by atoms with Gasteiger partial charge in [-0.3, -0.25) is 19.2 Å². The first-order chi connectivity index (χ1) is 70.7.